The third kappa shape index (κ3) is 4.09. The normalized spacial score (nSPS) is 11.1. The summed E-state index contributed by atoms with van der Waals surface area (Å²) in [5, 5.41) is 4.69. The Balaban J connectivity index is 2.05. The first-order valence-electron chi connectivity index (χ1n) is 6.94. The molecule has 0 radical (unpaired) electrons. The van der Waals surface area contributed by atoms with E-state index in [4.69, 9.17) is 16.3 Å². The molecule has 0 saturated heterocycles. The number of carbonyl (C=O) groups is 1. The first-order valence-corrected chi connectivity index (χ1v) is 7.32. The summed E-state index contributed by atoms with van der Waals surface area (Å²) in [5.41, 5.74) is 4.47. The number of rotatable bonds is 5. The number of benzene rings is 2. The molecule has 22 heavy (non-hydrogen) atoms. The van der Waals surface area contributed by atoms with Gasteiger partial charge in [-0.05, 0) is 44.2 Å². The van der Waals surface area contributed by atoms with Crippen LogP contribution in [-0.4, -0.2) is 18.2 Å². The summed E-state index contributed by atoms with van der Waals surface area (Å²) in [6.07, 6.45) is 0. The lowest BCUT2D eigenvalue weighted by molar-refractivity contribution is 0.0955. The molecule has 0 aliphatic rings. The molecule has 5 heteroatoms. The van der Waals surface area contributed by atoms with Crippen LogP contribution in [0.15, 0.2) is 53.6 Å². The molecule has 114 valence electrons. The predicted molar refractivity (Wildman–Crippen MR) is 88.7 cm³/mol. The Morgan fingerprint density at radius 3 is 2.50 bits per heavy atom. The van der Waals surface area contributed by atoms with Crippen LogP contribution in [0.1, 0.15) is 29.8 Å². The summed E-state index contributed by atoms with van der Waals surface area (Å²) in [6.45, 7) is 4.29. The standard InChI is InChI=1S/C17H17ClN2O2/c1-3-22-14-10-8-13(9-11-14)17(21)20-19-12(2)15-6-4-5-7-16(15)18/h4-11H,3H2,1-2H3,(H,20,21)/b19-12-. The van der Waals surface area contributed by atoms with Crippen LogP contribution in [0, 0.1) is 0 Å². The molecule has 0 saturated carbocycles. The minimum Gasteiger partial charge on any atom is -0.494 e. The Labute approximate surface area is 134 Å². The molecule has 0 aliphatic carbocycles. The van der Waals surface area contributed by atoms with Gasteiger partial charge in [0.05, 0.1) is 12.3 Å². The molecule has 2 aromatic carbocycles. The summed E-state index contributed by atoms with van der Waals surface area (Å²) in [5.74, 6) is 0.448. The fourth-order valence-corrected chi connectivity index (χ4v) is 2.16. The van der Waals surface area contributed by atoms with Crippen LogP contribution in [0.2, 0.25) is 5.02 Å². The molecule has 0 aromatic heterocycles. The Morgan fingerprint density at radius 1 is 1.18 bits per heavy atom. The van der Waals surface area contributed by atoms with Crippen LogP contribution in [0.3, 0.4) is 0 Å². The molecule has 0 atom stereocenters. The van der Waals surface area contributed by atoms with Gasteiger partial charge in [0, 0.05) is 16.1 Å². The van der Waals surface area contributed by atoms with Gasteiger partial charge in [0.1, 0.15) is 5.75 Å². The van der Waals surface area contributed by atoms with Gasteiger partial charge in [0.2, 0.25) is 0 Å². The maximum absolute atomic E-state index is 12.0. The molecule has 0 bridgehead atoms. The number of hydrogen-bond donors (Lipinski definition) is 1. The molecule has 0 unspecified atom stereocenters. The summed E-state index contributed by atoms with van der Waals surface area (Å²) in [4.78, 5) is 12.0. The van der Waals surface area contributed by atoms with Crippen LogP contribution in [0.4, 0.5) is 0 Å². The Kier molecular flexibility index (Phi) is 5.55. The zero-order chi connectivity index (χ0) is 15.9. The number of carbonyl (C=O) groups excluding carboxylic acids is 1. The minimum absolute atomic E-state index is 0.283. The van der Waals surface area contributed by atoms with Gasteiger partial charge in [-0.15, -0.1) is 0 Å². The zero-order valence-electron chi connectivity index (χ0n) is 12.5. The molecule has 1 amide bonds. The smallest absolute Gasteiger partial charge is 0.271 e. The van der Waals surface area contributed by atoms with Gasteiger partial charge in [-0.3, -0.25) is 4.79 Å². The van der Waals surface area contributed by atoms with E-state index in [2.05, 4.69) is 10.5 Å². The van der Waals surface area contributed by atoms with Crippen molar-refractivity contribution in [3.8, 4) is 5.75 Å². The Hall–Kier alpha value is -2.33. The summed E-state index contributed by atoms with van der Waals surface area (Å²) in [6, 6.07) is 14.2. The van der Waals surface area contributed by atoms with E-state index in [1.54, 1.807) is 37.3 Å². The highest BCUT2D eigenvalue weighted by Gasteiger charge is 2.06. The maximum atomic E-state index is 12.0. The van der Waals surface area contributed by atoms with E-state index in [-0.39, 0.29) is 5.91 Å². The van der Waals surface area contributed by atoms with Crippen LogP contribution in [-0.2, 0) is 0 Å². The molecule has 0 spiro atoms. The number of ether oxygens (including phenoxy) is 1. The van der Waals surface area contributed by atoms with Crippen molar-refractivity contribution in [2.75, 3.05) is 6.61 Å². The maximum Gasteiger partial charge on any atom is 0.271 e. The van der Waals surface area contributed by atoms with Gasteiger partial charge in [-0.1, -0.05) is 29.8 Å². The van der Waals surface area contributed by atoms with Gasteiger partial charge < -0.3 is 4.74 Å². The summed E-state index contributed by atoms with van der Waals surface area (Å²) < 4.78 is 5.34. The molecule has 4 nitrogen and oxygen atoms in total. The lowest BCUT2D eigenvalue weighted by Gasteiger charge is -2.06. The van der Waals surface area contributed by atoms with Crippen molar-refractivity contribution in [3.63, 3.8) is 0 Å². The fourth-order valence-electron chi connectivity index (χ4n) is 1.88. The van der Waals surface area contributed by atoms with Crippen molar-refractivity contribution in [1.29, 1.82) is 0 Å². The van der Waals surface area contributed by atoms with Crippen LogP contribution >= 0.6 is 11.6 Å². The molecule has 2 rings (SSSR count). The van der Waals surface area contributed by atoms with E-state index in [1.165, 1.54) is 0 Å². The monoisotopic (exact) mass is 316 g/mol. The highest BCUT2D eigenvalue weighted by Crippen LogP contribution is 2.16. The molecule has 0 aliphatic heterocycles. The van der Waals surface area contributed by atoms with E-state index < -0.39 is 0 Å². The van der Waals surface area contributed by atoms with Gasteiger partial charge in [0.25, 0.3) is 5.91 Å². The highest BCUT2D eigenvalue weighted by molar-refractivity contribution is 6.34. The molecular formula is C17H17ClN2O2. The topological polar surface area (TPSA) is 50.7 Å². The summed E-state index contributed by atoms with van der Waals surface area (Å²) >= 11 is 6.09. The Bertz CT molecular complexity index is 681. The average Bonchev–Trinajstić information content (AvgIpc) is 2.54. The van der Waals surface area contributed by atoms with E-state index in [0.29, 0.717) is 22.9 Å². The Morgan fingerprint density at radius 2 is 1.86 bits per heavy atom. The van der Waals surface area contributed by atoms with E-state index in [0.717, 1.165) is 11.3 Å². The number of nitrogens with zero attached hydrogens (tertiary/aromatic N) is 1. The second-order valence-corrected chi connectivity index (χ2v) is 4.98. The minimum atomic E-state index is -0.283. The average molecular weight is 317 g/mol. The number of halogens is 1. The lowest BCUT2D eigenvalue weighted by atomic mass is 10.1. The third-order valence-electron chi connectivity index (χ3n) is 3.02. The number of hydrogen-bond acceptors (Lipinski definition) is 3. The number of hydrazone groups is 1. The quantitative estimate of drug-likeness (QED) is 0.672. The van der Waals surface area contributed by atoms with Crippen molar-refractivity contribution >= 4 is 23.2 Å². The van der Waals surface area contributed by atoms with E-state index in [1.807, 2.05) is 25.1 Å². The van der Waals surface area contributed by atoms with E-state index >= 15 is 0 Å². The SMILES string of the molecule is CCOc1ccc(C(=O)N/N=C(/C)c2ccccc2Cl)cc1. The molecular weight excluding hydrogens is 300 g/mol. The van der Waals surface area contributed by atoms with Crippen molar-refractivity contribution in [2.24, 2.45) is 5.10 Å². The van der Waals surface area contributed by atoms with Crippen molar-refractivity contribution in [1.82, 2.24) is 5.43 Å². The summed E-state index contributed by atoms with van der Waals surface area (Å²) in [7, 11) is 0. The lowest BCUT2D eigenvalue weighted by Crippen LogP contribution is -2.19. The highest BCUT2D eigenvalue weighted by atomic mass is 35.5. The fraction of sp³-hybridized carbons (Fsp3) is 0.176. The van der Waals surface area contributed by atoms with Crippen molar-refractivity contribution in [2.45, 2.75) is 13.8 Å². The number of nitrogens with one attached hydrogen (secondary N) is 1. The second kappa shape index (κ2) is 7.61. The largest absolute Gasteiger partial charge is 0.494 e. The molecule has 0 fully saturated rings. The van der Waals surface area contributed by atoms with E-state index in [9.17, 15) is 4.79 Å². The second-order valence-electron chi connectivity index (χ2n) is 4.58. The molecule has 0 heterocycles. The van der Waals surface area contributed by atoms with Crippen LogP contribution in [0.5, 0.6) is 5.75 Å². The van der Waals surface area contributed by atoms with Gasteiger partial charge in [0.15, 0.2) is 0 Å². The van der Waals surface area contributed by atoms with Crippen molar-refractivity contribution < 1.29 is 9.53 Å². The first kappa shape index (κ1) is 16.0. The van der Waals surface area contributed by atoms with Gasteiger partial charge in [-0.25, -0.2) is 5.43 Å². The molecule has 1 N–H and O–H groups in total. The first-order chi connectivity index (χ1) is 10.6. The van der Waals surface area contributed by atoms with Crippen molar-refractivity contribution in [3.05, 3.63) is 64.7 Å². The van der Waals surface area contributed by atoms with Gasteiger partial charge >= 0.3 is 0 Å². The zero-order valence-corrected chi connectivity index (χ0v) is 13.2. The predicted octanol–water partition coefficient (Wildman–Crippen LogP) is 3.89. The van der Waals surface area contributed by atoms with Crippen LogP contribution < -0.4 is 10.2 Å². The third-order valence-corrected chi connectivity index (χ3v) is 3.35. The van der Waals surface area contributed by atoms with Gasteiger partial charge in [-0.2, -0.15) is 5.10 Å². The van der Waals surface area contributed by atoms with Crippen LogP contribution in [0.25, 0.3) is 0 Å². The number of amides is 1. The molecule has 2 aromatic rings.